The highest BCUT2D eigenvalue weighted by molar-refractivity contribution is 9.10. The van der Waals surface area contributed by atoms with E-state index in [0.717, 1.165) is 61.2 Å². The minimum Gasteiger partial charge on any atom is -0.339 e. The zero-order chi connectivity index (χ0) is 19.6. The molecule has 2 aromatic rings. The Hall–Kier alpha value is -1.98. The average Bonchev–Trinajstić information content (AvgIpc) is 2.68. The molecule has 2 aliphatic rings. The number of rotatable bonds is 4. The molecule has 0 N–H and O–H groups in total. The molecule has 0 unspecified atom stereocenters. The molecule has 0 aliphatic carbocycles. The molecule has 1 spiro atoms. The van der Waals surface area contributed by atoms with E-state index in [1.54, 1.807) is 6.08 Å². The maximum atomic E-state index is 13.0. The summed E-state index contributed by atoms with van der Waals surface area (Å²) >= 11 is 3.42. The second-order valence-corrected chi connectivity index (χ2v) is 8.90. The van der Waals surface area contributed by atoms with Gasteiger partial charge in [0.15, 0.2) is 0 Å². The first-order valence-corrected chi connectivity index (χ1v) is 10.5. The third kappa shape index (κ3) is 4.53. The number of benzene rings is 2. The maximum absolute atomic E-state index is 13.0. The predicted octanol–water partition coefficient (Wildman–Crippen LogP) is 4.73. The van der Waals surface area contributed by atoms with Crippen molar-refractivity contribution in [3.8, 4) is 0 Å². The summed E-state index contributed by atoms with van der Waals surface area (Å²) in [5.74, 6) is -0.0877. The van der Waals surface area contributed by atoms with Gasteiger partial charge in [-0.2, -0.15) is 0 Å². The molecule has 2 aliphatic heterocycles. The van der Waals surface area contributed by atoms with Crippen molar-refractivity contribution in [2.45, 2.75) is 19.4 Å². The molecule has 0 bridgehead atoms. The Balaban J connectivity index is 1.24. The van der Waals surface area contributed by atoms with Gasteiger partial charge in [0.05, 0.1) is 0 Å². The number of hydrogen-bond donors (Lipinski definition) is 0. The lowest BCUT2D eigenvalue weighted by atomic mass is 9.72. The van der Waals surface area contributed by atoms with E-state index in [2.05, 4.69) is 20.8 Å². The van der Waals surface area contributed by atoms with E-state index in [9.17, 15) is 9.18 Å². The molecule has 2 fully saturated rings. The molecule has 0 radical (unpaired) electrons. The molecule has 4 rings (SSSR count). The summed E-state index contributed by atoms with van der Waals surface area (Å²) in [7, 11) is 0. The SMILES string of the molecule is O=C(/C=C/c1ccc(Br)cc1)N1CCC2(CC1)CN(Cc1ccc(F)cc1)C2. The van der Waals surface area contributed by atoms with Gasteiger partial charge in [-0.15, -0.1) is 0 Å². The molecule has 3 nitrogen and oxygen atoms in total. The minimum atomic E-state index is -0.185. The molecule has 0 aromatic heterocycles. The summed E-state index contributed by atoms with van der Waals surface area (Å²) in [6, 6.07) is 14.7. The van der Waals surface area contributed by atoms with Gasteiger partial charge >= 0.3 is 0 Å². The van der Waals surface area contributed by atoms with Crippen LogP contribution in [-0.4, -0.2) is 41.9 Å². The lowest BCUT2D eigenvalue weighted by Crippen LogP contribution is -2.60. The monoisotopic (exact) mass is 442 g/mol. The first-order valence-electron chi connectivity index (χ1n) is 9.71. The number of amides is 1. The van der Waals surface area contributed by atoms with Crippen LogP contribution in [0.15, 0.2) is 59.1 Å². The highest BCUT2D eigenvalue weighted by Crippen LogP contribution is 2.41. The van der Waals surface area contributed by atoms with Crippen molar-refractivity contribution in [3.05, 3.63) is 76.0 Å². The number of piperidine rings is 1. The molecule has 2 saturated heterocycles. The fourth-order valence-corrected chi connectivity index (χ4v) is 4.49. The van der Waals surface area contributed by atoms with Gasteiger partial charge in [-0.1, -0.05) is 40.2 Å². The van der Waals surface area contributed by atoms with E-state index in [1.807, 2.05) is 47.4 Å². The third-order valence-electron chi connectivity index (χ3n) is 5.86. The largest absolute Gasteiger partial charge is 0.339 e. The number of carbonyl (C=O) groups is 1. The lowest BCUT2D eigenvalue weighted by Gasteiger charge is -2.54. The second kappa shape index (κ2) is 8.18. The summed E-state index contributed by atoms with van der Waals surface area (Å²) in [5.41, 5.74) is 2.54. The normalized spacial score (nSPS) is 19.1. The Kier molecular flexibility index (Phi) is 5.65. The molecule has 146 valence electrons. The first kappa shape index (κ1) is 19.3. The van der Waals surface area contributed by atoms with Crippen molar-refractivity contribution in [2.24, 2.45) is 5.41 Å². The van der Waals surface area contributed by atoms with E-state index in [-0.39, 0.29) is 11.7 Å². The van der Waals surface area contributed by atoms with E-state index < -0.39 is 0 Å². The smallest absolute Gasteiger partial charge is 0.246 e. The van der Waals surface area contributed by atoms with E-state index in [4.69, 9.17) is 0 Å². The average molecular weight is 443 g/mol. The highest BCUT2D eigenvalue weighted by atomic mass is 79.9. The van der Waals surface area contributed by atoms with Gasteiger partial charge < -0.3 is 4.90 Å². The Bertz CT molecular complexity index is 847. The van der Waals surface area contributed by atoms with Gasteiger partial charge in [-0.3, -0.25) is 9.69 Å². The number of likely N-dealkylation sites (tertiary alicyclic amines) is 2. The van der Waals surface area contributed by atoms with E-state index >= 15 is 0 Å². The van der Waals surface area contributed by atoms with Crippen LogP contribution in [0.5, 0.6) is 0 Å². The predicted molar refractivity (Wildman–Crippen MR) is 113 cm³/mol. The number of halogens is 2. The summed E-state index contributed by atoms with van der Waals surface area (Å²) in [6.45, 7) is 4.67. The quantitative estimate of drug-likeness (QED) is 0.639. The van der Waals surface area contributed by atoms with Gasteiger partial charge in [0.1, 0.15) is 5.82 Å². The van der Waals surface area contributed by atoms with Crippen LogP contribution in [0.4, 0.5) is 4.39 Å². The van der Waals surface area contributed by atoms with Crippen molar-refractivity contribution in [3.63, 3.8) is 0 Å². The molecule has 0 atom stereocenters. The summed E-state index contributed by atoms with van der Waals surface area (Å²) in [4.78, 5) is 16.9. The molecular formula is C23H24BrFN2O. The van der Waals surface area contributed by atoms with Crippen LogP contribution < -0.4 is 0 Å². The van der Waals surface area contributed by atoms with Crippen LogP contribution in [0.1, 0.15) is 24.0 Å². The first-order chi connectivity index (χ1) is 13.5. The molecule has 28 heavy (non-hydrogen) atoms. The molecular weight excluding hydrogens is 419 g/mol. The minimum absolute atomic E-state index is 0.0975. The number of carbonyl (C=O) groups excluding carboxylic acids is 1. The second-order valence-electron chi connectivity index (χ2n) is 7.98. The zero-order valence-corrected chi connectivity index (χ0v) is 17.4. The number of nitrogens with zero attached hydrogens (tertiary/aromatic N) is 2. The van der Waals surface area contributed by atoms with Crippen LogP contribution in [0, 0.1) is 11.2 Å². The van der Waals surface area contributed by atoms with Crippen LogP contribution in [0.3, 0.4) is 0 Å². The van der Waals surface area contributed by atoms with Crippen LogP contribution in [-0.2, 0) is 11.3 Å². The Labute approximate surface area is 174 Å². The van der Waals surface area contributed by atoms with Crippen molar-refractivity contribution >= 4 is 27.9 Å². The van der Waals surface area contributed by atoms with Gasteiger partial charge in [0.2, 0.25) is 5.91 Å². The van der Waals surface area contributed by atoms with Crippen molar-refractivity contribution in [2.75, 3.05) is 26.2 Å². The van der Waals surface area contributed by atoms with Crippen molar-refractivity contribution in [1.82, 2.24) is 9.80 Å². The van der Waals surface area contributed by atoms with E-state index in [1.165, 1.54) is 12.1 Å². The highest BCUT2D eigenvalue weighted by Gasteiger charge is 2.44. The fourth-order valence-electron chi connectivity index (χ4n) is 4.23. The van der Waals surface area contributed by atoms with Crippen molar-refractivity contribution in [1.29, 1.82) is 0 Å². The lowest BCUT2D eigenvalue weighted by molar-refractivity contribution is -0.131. The van der Waals surface area contributed by atoms with Gasteiger partial charge in [-0.05, 0) is 59.7 Å². The molecule has 1 amide bonds. The Morgan fingerprint density at radius 3 is 2.32 bits per heavy atom. The molecule has 2 aromatic carbocycles. The summed E-state index contributed by atoms with van der Waals surface area (Å²) < 4.78 is 14.1. The van der Waals surface area contributed by atoms with Gasteiger partial charge in [0, 0.05) is 43.3 Å². The standard InChI is InChI=1S/C23H24BrFN2O/c24-20-6-1-18(2-7-20)5-10-22(28)27-13-11-23(12-14-27)16-26(17-23)15-19-3-8-21(25)9-4-19/h1-10H,11-17H2/b10-5+. The van der Waals surface area contributed by atoms with Gasteiger partial charge in [-0.25, -0.2) is 4.39 Å². The Morgan fingerprint density at radius 1 is 1.04 bits per heavy atom. The molecule has 5 heteroatoms. The summed E-state index contributed by atoms with van der Waals surface area (Å²) in [6.07, 6.45) is 5.69. The van der Waals surface area contributed by atoms with Gasteiger partial charge in [0.25, 0.3) is 0 Å². The van der Waals surface area contributed by atoms with Crippen LogP contribution in [0.25, 0.3) is 6.08 Å². The van der Waals surface area contributed by atoms with Crippen molar-refractivity contribution < 1.29 is 9.18 Å². The molecule has 2 heterocycles. The summed E-state index contributed by atoms with van der Waals surface area (Å²) in [5, 5.41) is 0. The number of hydrogen-bond acceptors (Lipinski definition) is 2. The zero-order valence-electron chi connectivity index (χ0n) is 15.8. The fraction of sp³-hybridized carbons (Fsp3) is 0.348. The third-order valence-corrected chi connectivity index (χ3v) is 6.39. The molecule has 0 saturated carbocycles. The van der Waals surface area contributed by atoms with Crippen LogP contribution >= 0.6 is 15.9 Å². The van der Waals surface area contributed by atoms with Crippen LogP contribution in [0.2, 0.25) is 0 Å². The maximum Gasteiger partial charge on any atom is 0.246 e. The topological polar surface area (TPSA) is 23.6 Å². The Morgan fingerprint density at radius 2 is 1.68 bits per heavy atom. The van der Waals surface area contributed by atoms with E-state index in [0.29, 0.717) is 5.41 Å².